The van der Waals surface area contributed by atoms with Crippen molar-refractivity contribution in [3.63, 3.8) is 0 Å². The second-order valence-electron chi connectivity index (χ2n) is 19.4. The van der Waals surface area contributed by atoms with Gasteiger partial charge in [0.1, 0.15) is 171 Å². The number of aliphatic hydroxyl groups excluding tert-OH is 19. The lowest BCUT2D eigenvalue weighted by atomic mass is 9.95. The van der Waals surface area contributed by atoms with E-state index in [4.69, 9.17) is 66.3 Å². The number of aldehydes is 2. The van der Waals surface area contributed by atoms with Crippen molar-refractivity contribution in [3.8, 4) is 0 Å². The van der Waals surface area contributed by atoms with E-state index in [-0.39, 0.29) is 12.6 Å². The van der Waals surface area contributed by atoms with Crippen LogP contribution < -0.4 is 0 Å². The predicted molar refractivity (Wildman–Crippen MR) is 226 cm³/mol. The van der Waals surface area contributed by atoms with E-state index in [2.05, 4.69) is 0 Å². The summed E-state index contributed by atoms with van der Waals surface area (Å²) in [6, 6.07) is 0. The van der Waals surface area contributed by atoms with E-state index in [1.54, 1.807) is 0 Å². The van der Waals surface area contributed by atoms with E-state index in [0.29, 0.717) is 0 Å². The molecule has 0 aromatic carbocycles. The molecule has 35 nitrogen and oxygen atoms in total. The third-order valence-corrected chi connectivity index (χ3v) is 14.6. The van der Waals surface area contributed by atoms with Crippen LogP contribution in [0, 0.1) is 0 Å². The predicted octanol–water partition coefficient (Wildman–Crippen LogP) is -14.8. The number of hydrogen-bond acceptors (Lipinski definition) is 35. The topological polar surface area (TPSA) is 548 Å². The number of carbonyl (C=O) groups is 2. The Bertz CT molecular complexity index is 1880. The highest BCUT2D eigenvalue weighted by molar-refractivity contribution is 5.58. The Hall–Kier alpha value is -1.98. The molecular weight excluding hydrogens is 1060 g/mol. The summed E-state index contributed by atoms with van der Waals surface area (Å²) in [5.74, 6) is 0. The first-order valence-electron chi connectivity index (χ1n) is 24.3. The minimum absolute atomic E-state index is 0.0358. The zero-order valence-corrected chi connectivity index (χ0v) is 39.9. The van der Waals surface area contributed by atoms with Crippen molar-refractivity contribution in [2.75, 3.05) is 33.0 Å². The van der Waals surface area contributed by atoms with Crippen LogP contribution in [0.2, 0.25) is 0 Å². The highest BCUT2D eigenvalue weighted by Crippen LogP contribution is 2.38. The lowest BCUT2D eigenvalue weighted by Gasteiger charge is -2.49. The largest absolute Gasteiger partial charge is 0.394 e. The Labute approximate surface area is 433 Å². The Morgan fingerprint density at radius 2 is 0.377 bits per heavy atom. The molecule has 19 N–H and O–H groups in total. The Morgan fingerprint density at radius 3 is 0.545 bits per heavy atom. The fraction of sp³-hybridized carbons (Fsp3) is 0.952. The van der Waals surface area contributed by atoms with Gasteiger partial charge in [-0.1, -0.05) is 0 Å². The molecule has 35 heteroatoms. The molecule has 21 aliphatic rings. The van der Waals surface area contributed by atoms with Gasteiger partial charge >= 0.3 is 0 Å². The molecule has 21 saturated heterocycles. The maximum atomic E-state index is 12.4. The molecule has 0 aromatic rings. The van der Waals surface area contributed by atoms with Gasteiger partial charge in [0.2, 0.25) is 0 Å². The average molecular weight is 1130 g/mol. The molecule has 0 amide bonds. The van der Waals surface area contributed by atoms with Crippen molar-refractivity contribution < 1.29 is 173 Å². The molecule has 0 aromatic heterocycles. The Balaban J connectivity index is 1.08. The minimum Gasteiger partial charge on any atom is -0.394 e. The number of carbonyl (C=O) groups excluding carboxylic acids is 2. The smallest absolute Gasteiger partial charge is 0.187 e. The van der Waals surface area contributed by atoms with Crippen molar-refractivity contribution in [1.29, 1.82) is 0 Å². The summed E-state index contributed by atoms with van der Waals surface area (Å²) < 4.78 is 78.7. The van der Waals surface area contributed by atoms with Crippen LogP contribution in [-0.2, 0) is 75.9 Å². The zero-order valence-electron chi connectivity index (χ0n) is 39.9. The van der Waals surface area contributed by atoms with E-state index in [0.717, 1.165) is 0 Å². The van der Waals surface area contributed by atoms with E-state index < -0.39 is 248 Å². The first-order chi connectivity index (χ1) is 36.7. The number of hydrogen-bond donors (Lipinski definition) is 19. The molecule has 444 valence electrons. The minimum atomic E-state index is -2.26. The van der Waals surface area contributed by atoms with Crippen LogP contribution in [0.25, 0.3) is 0 Å². The molecule has 14 bridgehead atoms. The highest BCUT2D eigenvalue weighted by Gasteiger charge is 2.59. The molecule has 35 atom stereocenters. The van der Waals surface area contributed by atoms with Gasteiger partial charge in [0.25, 0.3) is 0 Å². The van der Waals surface area contributed by atoms with Gasteiger partial charge in [-0.2, -0.15) is 0 Å². The van der Waals surface area contributed by atoms with Gasteiger partial charge in [0, 0.05) is 0 Å². The highest BCUT2D eigenvalue weighted by atomic mass is 16.8. The summed E-state index contributed by atoms with van der Waals surface area (Å²) in [6.45, 7) is -5.36. The van der Waals surface area contributed by atoms with Crippen molar-refractivity contribution in [1.82, 2.24) is 0 Å². The molecule has 0 spiro atoms. The summed E-state index contributed by atoms with van der Waals surface area (Å²) in [7, 11) is 0. The van der Waals surface area contributed by atoms with Gasteiger partial charge in [-0.15, -0.1) is 0 Å². The second-order valence-corrected chi connectivity index (χ2v) is 19.4. The summed E-state index contributed by atoms with van der Waals surface area (Å²) in [5.41, 5.74) is 0. The maximum absolute atomic E-state index is 12.4. The third-order valence-electron chi connectivity index (χ3n) is 14.6. The summed E-state index contributed by atoms with van der Waals surface area (Å²) in [4.78, 5) is 24.8. The van der Waals surface area contributed by atoms with Crippen LogP contribution in [0.3, 0.4) is 0 Å². The average Bonchev–Trinajstić information content (AvgIpc) is 3.45. The normalized spacial score (nSPS) is 55.2. The van der Waals surface area contributed by atoms with Gasteiger partial charge in [-0.05, 0) is 0 Å². The molecule has 0 radical (unpaired) electrons. The quantitative estimate of drug-likeness (QED) is 0.105. The zero-order chi connectivity index (χ0) is 56.1. The van der Waals surface area contributed by atoms with Gasteiger partial charge in [-0.25, -0.2) is 0 Å². The van der Waals surface area contributed by atoms with Gasteiger partial charge in [0.15, 0.2) is 56.6 Å². The van der Waals surface area contributed by atoms with Crippen LogP contribution in [0.5, 0.6) is 0 Å². The molecule has 77 heavy (non-hydrogen) atoms. The molecule has 0 saturated carbocycles. The van der Waals surface area contributed by atoms with Gasteiger partial charge in [0.05, 0.1) is 33.0 Å². The molecule has 21 aliphatic heterocycles. The standard InChI is InChI=1S/C42H66O35/c43-1-8-29-15(50)22(57)36(64-8)72-30-9(2-44)66-38(24(59)17(30)52)74-32-11(4-46)68-40(26(61)19(32)54)76-34-13(6-48)70-42(28(63)21(34)56)77-35-14(7-49)69-41(27(62)20(35)55)75-33-12(5-47)67-39(25(60)18(33)53)73-31-10(3-45)65-37(71-29)23(58)16(31)51/h1,6,8-42,44-47,49-63H,2-5,7H2/t8-,9-,10-,11-,12-,13-,14-,15-,16-,17-,18-,19-,20-,21-,22-,23-,24-,25-,26-,27-,28-,29-,30-,31-,32-,33-,34-,35-,36-,37-,38-,39-,40-,41-,42-/m1/s1. The molecule has 21 fully saturated rings. The SMILES string of the molecule is O=C[C@H]1O[C@@H]2O[C@H]3[C@H](O)[C@@H](O)[C@@H](O[C@H]4[C@H](O)[C@@H](O)[C@@H](O[C@H]5[C@H](O)[C@@H](O)[C@@H](O[C@H]6[C@H](O)[C@@H](O)[C@@H](O[C@H]7[C@H](O)[C@@H](O)[C@@H](O[C@H]8[C@H](O)[C@@H](O)[C@@H](O[C@H]1[C@H](O)[C@H]2O)O[C@@H]8CO)O[C@@H]7CO)O[C@@H]6C=O)O[C@@H]5CO)O[C@@H]4CO)O[C@@H]3CO. The second kappa shape index (κ2) is 25.7. The van der Waals surface area contributed by atoms with Crippen molar-refractivity contribution >= 4 is 12.6 Å². The number of aliphatic hydroxyl groups is 19. The van der Waals surface area contributed by atoms with Crippen molar-refractivity contribution in [2.45, 2.75) is 215 Å². The fourth-order valence-electron chi connectivity index (χ4n) is 10.2. The summed E-state index contributed by atoms with van der Waals surface area (Å²) >= 11 is 0. The first kappa shape index (κ1) is 61.1. The summed E-state index contributed by atoms with van der Waals surface area (Å²) in [5, 5.41) is 209. The Kier molecular flexibility index (Phi) is 20.4. The van der Waals surface area contributed by atoms with Crippen molar-refractivity contribution in [2.24, 2.45) is 0 Å². The molecule has 21 heterocycles. The lowest BCUT2D eigenvalue weighted by molar-refractivity contribution is -0.393. The van der Waals surface area contributed by atoms with Crippen LogP contribution in [0.15, 0.2) is 0 Å². The molecule has 21 rings (SSSR count). The summed E-state index contributed by atoms with van der Waals surface area (Å²) in [6.07, 6.45) is -72.1. The first-order valence-corrected chi connectivity index (χ1v) is 24.3. The number of rotatable bonds is 7. The van der Waals surface area contributed by atoms with Crippen LogP contribution in [-0.4, -0.2) is 358 Å². The van der Waals surface area contributed by atoms with E-state index in [9.17, 15) is 107 Å². The van der Waals surface area contributed by atoms with Crippen LogP contribution in [0.4, 0.5) is 0 Å². The Morgan fingerprint density at radius 1 is 0.221 bits per heavy atom. The number of ether oxygens (including phenoxy) is 14. The van der Waals surface area contributed by atoms with E-state index in [1.807, 2.05) is 0 Å². The molecule has 0 aliphatic carbocycles. The van der Waals surface area contributed by atoms with E-state index in [1.165, 1.54) is 0 Å². The maximum Gasteiger partial charge on any atom is 0.187 e. The lowest BCUT2D eigenvalue weighted by Crippen LogP contribution is -2.68. The van der Waals surface area contributed by atoms with Crippen LogP contribution >= 0.6 is 0 Å². The fourth-order valence-corrected chi connectivity index (χ4v) is 10.2. The molecule has 0 unspecified atom stereocenters. The third kappa shape index (κ3) is 11.8. The van der Waals surface area contributed by atoms with Crippen LogP contribution in [0.1, 0.15) is 0 Å². The van der Waals surface area contributed by atoms with Gasteiger partial charge in [-0.3, -0.25) is 0 Å². The monoisotopic (exact) mass is 1130 g/mol. The van der Waals surface area contributed by atoms with Crippen molar-refractivity contribution in [3.05, 3.63) is 0 Å². The van der Waals surface area contributed by atoms with E-state index >= 15 is 0 Å². The van der Waals surface area contributed by atoms with Gasteiger partial charge < -0.3 is 173 Å². The molecular formula is C42H66O35.